The lowest BCUT2D eigenvalue weighted by molar-refractivity contribution is 0.102. The molecule has 0 aliphatic rings. The molecule has 4 aromatic rings. The number of para-hydroxylation sites is 1. The van der Waals surface area contributed by atoms with Crippen molar-refractivity contribution in [2.45, 2.75) is 6.92 Å². The van der Waals surface area contributed by atoms with Crippen molar-refractivity contribution in [1.29, 1.82) is 0 Å². The van der Waals surface area contributed by atoms with Crippen molar-refractivity contribution < 1.29 is 4.79 Å². The lowest BCUT2D eigenvalue weighted by atomic mass is 10.2. The van der Waals surface area contributed by atoms with Crippen LogP contribution in [0.15, 0.2) is 48.8 Å². The molecule has 134 valence electrons. The molecule has 0 saturated carbocycles. The average molecular weight is 399 g/mol. The molecule has 0 fully saturated rings. The van der Waals surface area contributed by atoms with Crippen molar-refractivity contribution in [2.75, 3.05) is 5.32 Å². The van der Waals surface area contributed by atoms with Crippen LogP contribution in [0.2, 0.25) is 10.0 Å². The standard InChI is InChI=1S/C18H12Cl2N6O/c1-10-16(18(27)23-15-8-12(19)13(20)9-22-15)24-25-26(10)14-6-2-4-11-5-3-7-21-17(11)14/h2-9H,1H3,(H,22,23,27). The molecule has 0 bridgehead atoms. The van der Waals surface area contributed by atoms with Crippen LogP contribution in [0.25, 0.3) is 16.6 Å². The van der Waals surface area contributed by atoms with E-state index in [4.69, 9.17) is 23.2 Å². The average Bonchev–Trinajstić information content (AvgIpc) is 3.05. The number of benzene rings is 1. The highest BCUT2D eigenvalue weighted by Gasteiger charge is 2.19. The van der Waals surface area contributed by atoms with Crippen LogP contribution in [-0.4, -0.2) is 30.9 Å². The van der Waals surface area contributed by atoms with Crippen LogP contribution in [0.3, 0.4) is 0 Å². The lowest BCUT2D eigenvalue weighted by Gasteiger charge is -2.07. The Hall–Kier alpha value is -3.03. The number of anilines is 1. The quantitative estimate of drug-likeness (QED) is 0.561. The van der Waals surface area contributed by atoms with Gasteiger partial charge in [0.1, 0.15) is 5.82 Å². The monoisotopic (exact) mass is 398 g/mol. The van der Waals surface area contributed by atoms with Crippen molar-refractivity contribution in [2.24, 2.45) is 0 Å². The van der Waals surface area contributed by atoms with E-state index in [1.54, 1.807) is 17.8 Å². The Bertz CT molecular complexity index is 1170. The summed E-state index contributed by atoms with van der Waals surface area (Å²) in [6.45, 7) is 1.76. The van der Waals surface area contributed by atoms with Crippen molar-refractivity contribution in [3.8, 4) is 5.69 Å². The van der Waals surface area contributed by atoms with Gasteiger partial charge in [0.25, 0.3) is 5.91 Å². The molecule has 0 atom stereocenters. The highest BCUT2D eigenvalue weighted by Crippen LogP contribution is 2.24. The molecular formula is C18H12Cl2N6O. The fourth-order valence-corrected chi connectivity index (χ4v) is 2.94. The number of rotatable bonds is 3. The van der Waals surface area contributed by atoms with E-state index >= 15 is 0 Å². The number of pyridine rings is 2. The number of amides is 1. The third kappa shape index (κ3) is 3.22. The number of carbonyl (C=O) groups excluding carboxylic acids is 1. The van der Waals surface area contributed by atoms with Crippen molar-refractivity contribution >= 4 is 45.8 Å². The largest absolute Gasteiger partial charge is 0.305 e. The van der Waals surface area contributed by atoms with Gasteiger partial charge in [-0.05, 0) is 19.1 Å². The third-order valence-electron chi connectivity index (χ3n) is 4.00. The molecule has 7 nitrogen and oxygen atoms in total. The molecule has 0 spiro atoms. The Kier molecular flexibility index (Phi) is 4.47. The minimum atomic E-state index is -0.446. The summed E-state index contributed by atoms with van der Waals surface area (Å²) in [7, 11) is 0. The molecule has 1 N–H and O–H groups in total. The fraction of sp³-hybridized carbons (Fsp3) is 0.0556. The fourth-order valence-electron chi connectivity index (χ4n) is 2.68. The normalized spacial score (nSPS) is 10.9. The topological polar surface area (TPSA) is 85.6 Å². The molecule has 0 unspecified atom stereocenters. The van der Waals surface area contributed by atoms with Crippen LogP contribution in [0.4, 0.5) is 5.82 Å². The predicted octanol–water partition coefficient (Wildman–Crippen LogP) is 4.08. The smallest absolute Gasteiger partial charge is 0.279 e. The van der Waals surface area contributed by atoms with Crippen LogP contribution < -0.4 is 5.32 Å². The van der Waals surface area contributed by atoms with E-state index in [0.29, 0.717) is 15.7 Å². The van der Waals surface area contributed by atoms with Gasteiger partial charge >= 0.3 is 0 Å². The second-order valence-corrected chi connectivity index (χ2v) is 6.54. The molecule has 1 amide bonds. The highest BCUT2D eigenvalue weighted by atomic mass is 35.5. The number of hydrogen-bond acceptors (Lipinski definition) is 5. The van der Waals surface area contributed by atoms with Gasteiger partial charge in [-0.25, -0.2) is 9.67 Å². The predicted molar refractivity (Wildman–Crippen MR) is 104 cm³/mol. The number of nitrogens with zero attached hydrogens (tertiary/aromatic N) is 5. The summed E-state index contributed by atoms with van der Waals surface area (Å²) >= 11 is 11.8. The van der Waals surface area contributed by atoms with E-state index in [1.165, 1.54) is 12.3 Å². The van der Waals surface area contributed by atoms with Crippen LogP contribution >= 0.6 is 23.2 Å². The summed E-state index contributed by atoms with van der Waals surface area (Å²) in [4.78, 5) is 21.0. The van der Waals surface area contributed by atoms with Crippen molar-refractivity contribution in [3.05, 3.63) is 70.2 Å². The van der Waals surface area contributed by atoms with Gasteiger partial charge in [0.15, 0.2) is 5.69 Å². The summed E-state index contributed by atoms with van der Waals surface area (Å²) in [5.74, 6) is -0.173. The summed E-state index contributed by atoms with van der Waals surface area (Å²) in [5, 5.41) is 12.4. The summed E-state index contributed by atoms with van der Waals surface area (Å²) in [6.07, 6.45) is 3.08. The first-order chi connectivity index (χ1) is 13.0. The summed E-state index contributed by atoms with van der Waals surface area (Å²) < 4.78 is 1.59. The van der Waals surface area contributed by atoms with E-state index in [1.807, 2.05) is 30.3 Å². The van der Waals surface area contributed by atoms with Gasteiger partial charge < -0.3 is 5.32 Å². The second-order valence-electron chi connectivity index (χ2n) is 5.73. The molecule has 0 aliphatic heterocycles. The van der Waals surface area contributed by atoms with Gasteiger partial charge in [-0.1, -0.05) is 46.6 Å². The number of halogens is 2. The van der Waals surface area contributed by atoms with E-state index in [0.717, 1.165) is 16.6 Å². The minimum absolute atomic E-state index is 0.177. The van der Waals surface area contributed by atoms with Crippen molar-refractivity contribution in [1.82, 2.24) is 25.0 Å². The van der Waals surface area contributed by atoms with E-state index in [2.05, 4.69) is 25.6 Å². The number of carbonyl (C=O) groups is 1. The Morgan fingerprint density at radius 3 is 2.74 bits per heavy atom. The maximum atomic E-state index is 12.6. The van der Waals surface area contributed by atoms with Crippen molar-refractivity contribution in [3.63, 3.8) is 0 Å². The third-order valence-corrected chi connectivity index (χ3v) is 4.71. The first kappa shape index (κ1) is 17.4. The molecule has 0 radical (unpaired) electrons. The van der Waals surface area contributed by atoms with Gasteiger partial charge in [0, 0.05) is 23.8 Å². The maximum absolute atomic E-state index is 12.6. The Morgan fingerprint density at radius 2 is 1.93 bits per heavy atom. The van der Waals surface area contributed by atoms with Gasteiger partial charge in [-0.2, -0.15) is 0 Å². The first-order valence-corrected chi connectivity index (χ1v) is 8.69. The molecule has 1 aromatic carbocycles. The molecule has 9 heteroatoms. The van der Waals surface area contributed by atoms with E-state index in [9.17, 15) is 4.79 Å². The first-order valence-electron chi connectivity index (χ1n) is 7.93. The molecule has 4 rings (SSSR count). The van der Waals surface area contributed by atoms with Crippen LogP contribution in [-0.2, 0) is 0 Å². The summed E-state index contributed by atoms with van der Waals surface area (Å²) in [6, 6.07) is 11.0. The summed E-state index contributed by atoms with van der Waals surface area (Å²) in [5.41, 5.74) is 2.26. The SMILES string of the molecule is Cc1c(C(=O)Nc2cc(Cl)c(Cl)cn2)nnn1-c1cccc2cccnc12. The molecular weight excluding hydrogens is 387 g/mol. The lowest BCUT2D eigenvalue weighted by Crippen LogP contribution is -2.15. The second kappa shape index (κ2) is 6.94. The zero-order chi connectivity index (χ0) is 19.0. The maximum Gasteiger partial charge on any atom is 0.279 e. The molecule has 3 aromatic heterocycles. The Morgan fingerprint density at radius 1 is 1.11 bits per heavy atom. The number of hydrogen-bond donors (Lipinski definition) is 1. The minimum Gasteiger partial charge on any atom is -0.305 e. The molecule has 27 heavy (non-hydrogen) atoms. The highest BCUT2D eigenvalue weighted by molar-refractivity contribution is 6.42. The van der Waals surface area contributed by atoms with Gasteiger partial charge in [-0.3, -0.25) is 9.78 Å². The zero-order valence-corrected chi connectivity index (χ0v) is 15.5. The number of nitrogens with one attached hydrogen (secondary N) is 1. The van der Waals surface area contributed by atoms with Gasteiger partial charge in [0.2, 0.25) is 0 Å². The van der Waals surface area contributed by atoms with Gasteiger partial charge in [0.05, 0.1) is 26.9 Å². The molecule has 0 saturated heterocycles. The Labute approximate surface area is 164 Å². The van der Waals surface area contributed by atoms with Crippen LogP contribution in [0, 0.1) is 6.92 Å². The van der Waals surface area contributed by atoms with Crippen LogP contribution in [0.1, 0.15) is 16.2 Å². The van der Waals surface area contributed by atoms with Gasteiger partial charge in [-0.15, -0.1) is 5.10 Å². The number of fused-ring (bicyclic) bond motifs is 1. The molecule has 0 aliphatic carbocycles. The van der Waals surface area contributed by atoms with E-state index in [-0.39, 0.29) is 11.5 Å². The Balaban J connectivity index is 1.69. The van der Waals surface area contributed by atoms with E-state index < -0.39 is 5.91 Å². The van der Waals surface area contributed by atoms with Crippen LogP contribution in [0.5, 0.6) is 0 Å². The molecule has 3 heterocycles. The number of aromatic nitrogens is 5. The zero-order valence-electron chi connectivity index (χ0n) is 14.0.